The van der Waals surface area contributed by atoms with Crippen molar-refractivity contribution in [2.24, 2.45) is 5.73 Å². The second-order valence-corrected chi connectivity index (χ2v) is 5.43. The lowest BCUT2D eigenvalue weighted by atomic mass is 9.91. The van der Waals surface area contributed by atoms with Gasteiger partial charge < -0.3 is 10.2 Å². The van der Waals surface area contributed by atoms with Crippen LogP contribution in [0, 0.1) is 5.82 Å². The van der Waals surface area contributed by atoms with E-state index in [2.05, 4.69) is 10.3 Å². The highest BCUT2D eigenvalue weighted by molar-refractivity contribution is 5.85. The van der Waals surface area contributed by atoms with Gasteiger partial charge in [0.1, 0.15) is 16.9 Å². The molecule has 1 atom stereocenters. The number of fused-ring (bicyclic) bond motifs is 1. The van der Waals surface area contributed by atoms with Gasteiger partial charge in [-0.1, -0.05) is 30.3 Å². The van der Waals surface area contributed by atoms with E-state index in [9.17, 15) is 9.18 Å². The van der Waals surface area contributed by atoms with Crippen molar-refractivity contribution < 1.29 is 13.6 Å². The first kappa shape index (κ1) is 15.2. The van der Waals surface area contributed by atoms with Gasteiger partial charge in [-0.15, -0.1) is 0 Å². The molecular formula is C17H16FN3O2. The first-order valence-electron chi connectivity index (χ1n) is 7.14. The van der Waals surface area contributed by atoms with E-state index in [0.29, 0.717) is 17.0 Å². The summed E-state index contributed by atoms with van der Waals surface area (Å²) in [6.45, 7) is 1.89. The maximum absolute atomic E-state index is 13.2. The van der Waals surface area contributed by atoms with Crippen LogP contribution >= 0.6 is 0 Å². The van der Waals surface area contributed by atoms with Crippen LogP contribution < -0.4 is 11.1 Å². The third-order valence-corrected chi connectivity index (χ3v) is 3.83. The number of primary amides is 1. The van der Waals surface area contributed by atoms with E-state index < -0.39 is 11.4 Å². The lowest BCUT2D eigenvalue weighted by Crippen LogP contribution is -2.50. The topological polar surface area (TPSA) is 81.2 Å². The second-order valence-electron chi connectivity index (χ2n) is 5.43. The van der Waals surface area contributed by atoms with Crippen molar-refractivity contribution >= 4 is 17.0 Å². The van der Waals surface area contributed by atoms with Gasteiger partial charge in [0, 0.05) is 6.07 Å². The zero-order valence-corrected chi connectivity index (χ0v) is 12.5. The molecule has 5 nitrogen and oxygen atoms in total. The average molecular weight is 313 g/mol. The molecule has 0 fully saturated rings. The van der Waals surface area contributed by atoms with Crippen LogP contribution in [-0.4, -0.2) is 10.9 Å². The Morgan fingerprint density at radius 3 is 2.74 bits per heavy atom. The van der Waals surface area contributed by atoms with Gasteiger partial charge >= 0.3 is 0 Å². The molecule has 0 aliphatic carbocycles. The molecule has 1 amide bonds. The number of hydrogen-bond acceptors (Lipinski definition) is 4. The minimum absolute atomic E-state index is 0.185. The quantitative estimate of drug-likeness (QED) is 0.758. The van der Waals surface area contributed by atoms with Gasteiger partial charge in [-0.2, -0.15) is 0 Å². The number of aromatic nitrogens is 1. The average Bonchev–Trinajstić information content (AvgIpc) is 2.95. The summed E-state index contributed by atoms with van der Waals surface area (Å²) in [5.74, 6) is -0.542. The number of nitrogens with two attached hydrogens (primary N) is 1. The van der Waals surface area contributed by atoms with Crippen molar-refractivity contribution in [3.05, 3.63) is 65.8 Å². The minimum Gasteiger partial charge on any atom is -0.439 e. The number of nitrogens with one attached hydrogen (secondary N) is 1. The molecule has 1 heterocycles. The number of oxazole rings is 1. The van der Waals surface area contributed by atoms with Crippen molar-refractivity contribution in [2.75, 3.05) is 0 Å². The standard InChI is InChI=1S/C17H16FN3O2/c1-17(16(19)22,11-5-3-2-4-6-11)20-10-15-21-13-8-7-12(18)9-14(13)23-15/h2-9,20H,10H2,1H3,(H2,19,22)/t17-/m0/s1. The highest BCUT2D eigenvalue weighted by Gasteiger charge is 2.32. The Morgan fingerprint density at radius 2 is 2.04 bits per heavy atom. The zero-order chi connectivity index (χ0) is 16.4. The Balaban J connectivity index is 1.85. The summed E-state index contributed by atoms with van der Waals surface area (Å²) in [5, 5.41) is 3.08. The van der Waals surface area contributed by atoms with Crippen molar-refractivity contribution in [1.82, 2.24) is 10.3 Å². The summed E-state index contributed by atoms with van der Waals surface area (Å²) in [6.07, 6.45) is 0. The Hall–Kier alpha value is -2.73. The van der Waals surface area contributed by atoms with Crippen LogP contribution in [0.3, 0.4) is 0 Å². The van der Waals surface area contributed by atoms with Gasteiger partial charge in [0.2, 0.25) is 11.8 Å². The van der Waals surface area contributed by atoms with Crippen LogP contribution in [0.2, 0.25) is 0 Å². The molecule has 0 spiro atoms. The molecule has 118 valence electrons. The highest BCUT2D eigenvalue weighted by Crippen LogP contribution is 2.22. The van der Waals surface area contributed by atoms with E-state index in [1.807, 2.05) is 30.3 Å². The maximum Gasteiger partial charge on any atom is 0.242 e. The summed E-state index contributed by atoms with van der Waals surface area (Å²) in [7, 11) is 0. The molecule has 0 aliphatic heterocycles. The van der Waals surface area contributed by atoms with Crippen molar-refractivity contribution in [3.8, 4) is 0 Å². The first-order chi connectivity index (χ1) is 11.0. The van der Waals surface area contributed by atoms with E-state index >= 15 is 0 Å². The van der Waals surface area contributed by atoms with Gasteiger partial charge in [-0.05, 0) is 24.6 Å². The predicted octanol–water partition coefficient (Wildman–Crippen LogP) is 2.46. The Labute approximate surface area is 132 Å². The molecule has 0 aliphatic rings. The minimum atomic E-state index is -1.06. The Kier molecular flexibility index (Phi) is 3.83. The molecule has 1 aromatic heterocycles. The van der Waals surface area contributed by atoms with Gasteiger partial charge in [0.15, 0.2) is 5.58 Å². The number of halogens is 1. The molecule has 3 aromatic rings. The SMILES string of the molecule is C[C@@](NCc1nc2ccc(F)cc2o1)(C(N)=O)c1ccccc1. The number of carbonyl (C=O) groups is 1. The van der Waals surface area contributed by atoms with E-state index in [1.54, 1.807) is 13.0 Å². The number of nitrogens with zero attached hydrogens (tertiary/aromatic N) is 1. The predicted molar refractivity (Wildman–Crippen MR) is 83.8 cm³/mol. The molecule has 0 bridgehead atoms. The molecule has 0 saturated heterocycles. The summed E-state index contributed by atoms with van der Waals surface area (Å²) >= 11 is 0. The van der Waals surface area contributed by atoms with Crippen LogP contribution in [-0.2, 0) is 16.9 Å². The maximum atomic E-state index is 13.2. The van der Waals surface area contributed by atoms with Crippen molar-refractivity contribution in [1.29, 1.82) is 0 Å². The molecule has 0 radical (unpaired) electrons. The van der Waals surface area contributed by atoms with Gasteiger partial charge in [0.05, 0.1) is 6.54 Å². The lowest BCUT2D eigenvalue weighted by molar-refractivity contribution is -0.124. The molecule has 23 heavy (non-hydrogen) atoms. The normalized spacial score (nSPS) is 13.8. The van der Waals surface area contributed by atoms with E-state index in [-0.39, 0.29) is 12.4 Å². The molecule has 0 unspecified atom stereocenters. The van der Waals surface area contributed by atoms with Crippen LogP contribution in [0.5, 0.6) is 0 Å². The third kappa shape index (κ3) is 2.93. The fraction of sp³-hybridized carbons (Fsp3) is 0.176. The highest BCUT2D eigenvalue weighted by atomic mass is 19.1. The summed E-state index contributed by atoms with van der Waals surface area (Å²) in [4.78, 5) is 16.2. The van der Waals surface area contributed by atoms with Gasteiger partial charge in [0.25, 0.3) is 0 Å². The van der Waals surface area contributed by atoms with E-state index in [1.165, 1.54) is 12.1 Å². The number of benzene rings is 2. The fourth-order valence-electron chi connectivity index (χ4n) is 2.38. The van der Waals surface area contributed by atoms with Crippen molar-refractivity contribution in [2.45, 2.75) is 19.0 Å². The van der Waals surface area contributed by atoms with Crippen LogP contribution in [0.25, 0.3) is 11.1 Å². The molecule has 6 heteroatoms. The number of hydrogen-bond donors (Lipinski definition) is 2. The number of rotatable bonds is 5. The smallest absolute Gasteiger partial charge is 0.242 e. The molecule has 3 rings (SSSR count). The lowest BCUT2D eigenvalue weighted by Gasteiger charge is -2.27. The fourth-order valence-corrected chi connectivity index (χ4v) is 2.38. The van der Waals surface area contributed by atoms with Gasteiger partial charge in [-0.3, -0.25) is 10.1 Å². The summed E-state index contributed by atoms with van der Waals surface area (Å²) in [6, 6.07) is 13.3. The third-order valence-electron chi connectivity index (χ3n) is 3.83. The second kappa shape index (κ2) is 5.81. The first-order valence-corrected chi connectivity index (χ1v) is 7.14. The molecule has 2 aromatic carbocycles. The molecule has 0 saturated carbocycles. The van der Waals surface area contributed by atoms with Crippen LogP contribution in [0.15, 0.2) is 52.9 Å². The van der Waals surface area contributed by atoms with Crippen molar-refractivity contribution in [3.63, 3.8) is 0 Å². The molecule has 3 N–H and O–H groups in total. The Bertz CT molecular complexity index is 847. The number of amides is 1. The zero-order valence-electron chi connectivity index (χ0n) is 12.5. The van der Waals surface area contributed by atoms with E-state index in [4.69, 9.17) is 10.2 Å². The van der Waals surface area contributed by atoms with E-state index in [0.717, 1.165) is 5.56 Å². The number of carbonyl (C=O) groups excluding carboxylic acids is 1. The van der Waals surface area contributed by atoms with Crippen LogP contribution in [0.1, 0.15) is 18.4 Å². The summed E-state index contributed by atoms with van der Waals surface area (Å²) < 4.78 is 18.7. The Morgan fingerprint density at radius 1 is 1.30 bits per heavy atom. The summed E-state index contributed by atoms with van der Waals surface area (Å²) in [5.41, 5.74) is 6.16. The van der Waals surface area contributed by atoms with Crippen LogP contribution in [0.4, 0.5) is 4.39 Å². The van der Waals surface area contributed by atoms with Gasteiger partial charge in [-0.25, -0.2) is 9.37 Å². The monoisotopic (exact) mass is 313 g/mol. The largest absolute Gasteiger partial charge is 0.439 e. The molecular weight excluding hydrogens is 297 g/mol.